The molecule has 2 fully saturated rings. The highest BCUT2D eigenvalue weighted by Crippen LogP contribution is 2.33. The number of halogens is 1. The predicted octanol–water partition coefficient (Wildman–Crippen LogP) is 5.34. The van der Waals surface area contributed by atoms with Crippen molar-refractivity contribution in [1.82, 2.24) is 24.8 Å². The lowest BCUT2D eigenvalue weighted by atomic mass is 9.92. The number of pyridine rings is 1. The fourth-order valence-corrected chi connectivity index (χ4v) is 5.54. The number of nitrogens with one attached hydrogen (secondary N) is 1. The van der Waals surface area contributed by atoms with Gasteiger partial charge in [0.1, 0.15) is 16.9 Å². The van der Waals surface area contributed by atoms with Crippen molar-refractivity contribution >= 4 is 33.8 Å². The van der Waals surface area contributed by atoms with E-state index >= 15 is 4.39 Å². The quantitative estimate of drug-likeness (QED) is 0.369. The molecule has 2 aliphatic rings. The van der Waals surface area contributed by atoms with Gasteiger partial charge in [-0.15, -0.1) is 0 Å². The molecule has 4 aromatic rings. The van der Waals surface area contributed by atoms with Gasteiger partial charge in [0.25, 0.3) is 0 Å². The molecule has 1 N–H and O–H groups in total. The molecule has 5 heterocycles. The second kappa shape index (κ2) is 10.6. The van der Waals surface area contributed by atoms with Crippen LogP contribution in [0.4, 0.5) is 15.0 Å². The van der Waals surface area contributed by atoms with Gasteiger partial charge in [-0.25, -0.2) is 24.1 Å². The summed E-state index contributed by atoms with van der Waals surface area (Å²) in [5, 5.41) is 0.745. The molecule has 210 valence electrons. The van der Waals surface area contributed by atoms with E-state index in [0.29, 0.717) is 68.0 Å². The highest BCUT2D eigenvalue weighted by molar-refractivity contribution is 5.96. The van der Waals surface area contributed by atoms with E-state index in [1.807, 2.05) is 39.0 Å². The van der Waals surface area contributed by atoms with Crippen molar-refractivity contribution in [2.24, 2.45) is 5.92 Å². The second-order valence-electron chi connectivity index (χ2n) is 11.6. The number of hydrogen-bond acceptors (Lipinski definition) is 7. The third kappa shape index (κ3) is 5.45. The SMILES string of the molecule is CC(C)(C)OC(=O)N1CCC(Cc2ccc3nc(-c4c(F)ccc5[nH]ccc45)nc(N4CCOCC4)c3n2)CC1. The number of piperidine rings is 1. The predicted molar refractivity (Wildman–Crippen MR) is 152 cm³/mol. The first-order valence-corrected chi connectivity index (χ1v) is 14.0. The lowest BCUT2D eigenvalue weighted by molar-refractivity contribution is 0.0184. The van der Waals surface area contributed by atoms with Gasteiger partial charge in [0.05, 0.1) is 24.3 Å². The van der Waals surface area contributed by atoms with E-state index in [4.69, 9.17) is 24.4 Å². The number of ether oxygens (including phenoxy) is 2. The standard InChI is InChI=1S/C30H35FN6O3/c1-30(2,3)40-29(38)37-12-9-19(10-13-37)18-20-4-6-24-26(33-20)28(36-14-16-39-17-15-36)35-27(34-24)25-21-8-11-32-23(21)7-5-22(25)31/h4-8,11,19,32H,9-10,12-18H2,1-3H3. The Labute approximate surface area is 232 Å². The lowest BCUT2D eigenvalue weighted by Crippen LogP contribution is -2.42. The Hall–Kier alpha value is -3.79. The summed E-state index contributed by atoms with van der Waals surface area (Å²) in [6.45, 7) is 9.56. The number of carbonyl (C=O) groups is 1. The van der Waals surface area contributed by atoms with Gasteiger partial charge in [0.15, 0.2) is 11.6 Å². The molecule has 0 unspecified atom stereocenters. The lowest BCUT2D eigenvalue weighted by Gasteiger charge is -2.33. The van der Waals surface area contributed by atoms with Crippen molar-refractivity contribution in [3.8, 4) is 11.4 Å². The first-order valence-electron chi connectivity index (χ1n) is 14.0. The molecule has 0 aliphatic carbocycles. The minimum absolute atomic E-state index is 0.246. The summed E-state index contributed by atoms with van der Waals surface area (Å²) >= 11 is 0. The van der Waals surface area contributed by atoms with Crippen LogP contribution in [0.5, 0.6) is 0 Å². The summed E-state index contributed by atoms with van der Waals surface area (Å²) in [7, 11) is 0. The van der Waals surface area contributed by atoms with E-state index in [1.165, 1.54) is 6.07 Å². The van der Waals surface area contributed by atoms with E-state index in [-0.39, 0.29) is 11.9 Å². The maximum absolute atomic E-state index is 15.2. The van der Waals surface area contributed by atoms with Crippen LogP contribution in [0.25, 0.3) is 33.3 Å². The molecule has 6 rings (SSSR count). The molecule has 0 bridgehead atoms. The van der Waals surface area contributed by atoms with Crippen LogP contribution >= 0.6 is 0 Å². The number of aromatic amines is 1. The van der Waals surface area contributed by atoms with Crippen molar-refractivity contribution < 1.29 is 18.7 Å². The molecule has 1 aromatic carbocycles. The molecule has 0 spiro atoms. The van der Waals surface area contributed by atoms with Crippen LogP contribution in [0.2, 0.25) is 0 Å². The molecule has 40 heavy (non-hydrogen) atoms. The summed E-state index contributed by atoms with van der Waals surface area (Å²) in [6, 6.07) is 9.01. The molecule has 1 amide bonds. The first-order chi connectivity index (χ1) is 19.2. The molecule has 2 saturated heterocycles. The molecule has 10 heteroatoms. The number of benzene rings is 1. The number of rotatable bonds is 4. The van der Waals surface area contributed by atoms with E-state index in [2.05, 4.69) is 9.88 Å². The zero-order chi connectivity index (χ0) is 27.9. The first kappa shape index (κ1) is 26.4. The number of fused-ring (bicyclic) bond motifs is 2. The summed E-state index contributed by atoms with van der Waals surface area (Å²) < 4.78 is 26.3. The monoisotopic (exact) mass is 546 g/mol. The maximum atomic E-state index is 15.2. The molecule has 0 atom stereocenters. The van der Waals surface area contributed by atoms with Gasteiger partial charge in [-0.3, -0.25) is 0 Å². The van der Waals surface area contributed by atoms with Crippen molar-refractivity contribution in [3.05, 3.63) is 48.0 Å². The summed E-state index contributed by atoms with van der Waals surface area (Å²) in [5.41, 5.74) is 3.09. The van der Waals surface area contributed by atoms with Gasteiger partial charge < -0.3 is 24.3 Å². The largest absolute Gasteiger partial charge is 0.444 e. The Morgan fingerprint density at radius 2 is 1.82 bits per heavy atom. The zero-order valence-corrected chi connectivity index (χ0v) is 23.2. The number of amides is 1. The number of H-pyrrole nitrogens is 1. The topological polar surface area (TPSA) is 96.5 Å². The number of hydrogen-bond donors (Lipinski definition) is 1. The van der Waals surface area contributed by atoms with E-state index in [0.717, 1.165) is 41.4 Å². The molecule has 0 saturated carbocycles. The number of anilines is 1. The summed E-state index contributed by atoms with van der Waals surface area (Å²) in [5.74, 6) is 1.11. The van der Waals surface area contributed by atoms with Crippen molar-refractivity contribution in [1.29, 1.82) is 0 Å². The Kier molecular flexibility index (Phi) is 7.04. The summed E-state index contributed by atoms with van der Waals surface area (Å²) in [4.78, 5) is 34.3. The number of likely N-dealkylation sites (tertiary alicyclic amines) is 1. The summed E-state index contributed by atoms with van der Waals surface area (Å²) in [6.07, 6.45) is 4.14. The Balaban J connectivity index is 1.29. The van der Waals surface area contributed by atoms with Gasteiger partial charge in [-0.05, 0) is 76.3 Å². The maximum Gasteiger partial charge on any atom is 0.410 e. The van der Waals surface area contributed by atoms with Crippen LogP contribution in [0, 0.1) is 11.7 Å². The zero-order valence-electron chi connectivity index (χ0n) is 23.2. The molecule has 9 nitrogen and oxygen atoms in total. The van der Waals surface area contributed by atoms with E-state index < -0.39 is 5.60 Å². The van der Waals surface area contributed by atoms with Crippen molar-refractivity contribution in [2.75, 3.05) is 44.3 Å². The van der Waals surface area contributed by atoms with E-state index in [1.54, 1.807) is 17.2 Å². The third-order valence-corrected chi connectivity index (χ3v) is 7.56. The van der Waals surface area contributed by atoms with Gasteiger partial charge >= 0.3 is 6.09 Å². The van der Waals surface area contributed by atoms with E-state index in [9.17, 15) is 4.79 Å². The average molecular weight is 547 g/mol. The number of nitrogens with zero attached hydrogens (tertiary/aromatic N) is 5. The average Bonchev–Trinajstić information content (AvgIpc) is 3.41. The highest BCUT2D eigenvalue weighted by atomic mass is 19.1. The van der Waals surface area contributed by atoms with Crippen LogP contribution in [-0.2, 0) is 15.9 Å². The molecular formula is C30H35FN6O3. The van der Waals surface area contributed by atoms with Crippen LogP contribution in [0.3, 0.4) is 0 Å². The highest BCUT2D eigenvalue weighted by Gasteiger charge is 2.28. The normalized spacial score (nSPS) is 17.1. The van der Waals surface area contributed by atoms with Crippen LogP contribution in [0.1, 0.15) is 39.3 Å². The Morgan fingerprint density at radius 3 is 2.58 bits per heavy atom. The molecule has 2 aliphatic heterocycles. The second-order valence-corrected chi connectivity index (χ2v) is 11.6. The number of morpholine rings is 1. The fraction of sp³-hybridized carbons (Fsp3) is 0.467. The third-order valence-electron chi connectivity index (χ3n) is 7.56. The number of carbonyl (C=O) groups excluding carboxylic acids is 1. The molecular weight excluding hydrogens is 511 g/mol. The molecule has 0 radical (unpaired) electrons. The Morgan fingerprint density at radius 1 is 1.05 bits per heavy atom. The van der Waals surface area contributed by atoms with Gasteiger partial charge in [0, 0.05) is 49.0 Å². The van der Waals surface area contributed by atoms with Gasteiger partial charge in [-0.2, -0.15) is 0 Å². The minimum atomic E-state index is -0.497. The van der Waals surface area contributed by atoms with Gasteiger partial charge in [-0.1, -0.05) is 0 Å². The van der Waals surface area contributed by atoms with Crippen molar-refractivity contribution in [3.63, 3.8) is 0 Å². The van der Waals surface area contributed by atoms with Gasteiger partial charge in [0.2, 0.25) is 0 Å². The van der Waals surface area contributed by atoms with Crippen molar-refractivity contribution in [2.45, 2.75) is 45.6 Å². The fourth-order valence-electron chi connectivity index (χ4n) is 5.54. The van der Waals surface area contributed by atoms with Crippen LogP contribution < -0.4 is 4.90 Å². The molecule has 3 aromatic heterocycles. The van der Waals surface area contributed by atoms with Crippen LogP contribution in [-0.4, -0.2) is 75.9 Å². The number of aromatic nitrogens is 4. The minimum Gasteiger partial charge on any atom is -0.444 e. The smallest absolute Gasteiger partial charge is 0.410 e. The Bertz CT molecular complexity index is 1530. The van der Waals surface area contributed by atoms with Crippen LogP contribution in [0.15, 0.2) is 36.5 Å².